The van der Waals surface area contributed by atoms with Gasteiger partial charge >= 0.3 is 0 Å². The smallest absolute Gasteiger partial charge is 0.219 e. The van der Waals surface area contributed by atoms with Crippen molar-refractivity contribution in [2.24, 2.45) is 5.92 Å². The maximum Gasteiger partial charge on any atom is 0.219 e. The number of benzene rings is 3. The molecule has 5 aromatic rings. The van der Waals surface area contributed by atoms with Crippen LogP contribution in [0.1, 0.15) is 138 Å². The second-order valence-corrected chi connectivity index (χ2v) is 16.1. The maximum absolute atomic E-state index is 13.0. The number of Topliss-reactive ketones (excluding diaryl/α,β-unsaturated/α-hetero) is 1. The number of phenols is 1. The molecule has 2 heterocycles. The minimum Gasteiger partial charge on any atom is -0.508 e. The Bertz CT molecular complexity index is 2000. The highest BCUT2D eigenvalue weighted by Gasteiger charge is 2.30. The number of phenolic OH excluding ortho intramolecular Hbond substituents is 1. The van der Waals surface area contributed by atoms with Crippen LogP contribution in [0.2, 0.25) is 0 Å². The minimum atomic E-state index is 0.0361. The largest absolute Gasteiger partial charge is 0.508 e. The first kappa shape index (κ1) is 38.0. The van der Waals surface area contributed by atoms with Crippen LogP contribution < -0.4 is 0 Å². The van der Waals surface area contributed by atoms with Crippen molar-refractivity contribution >= 4 is 17.0 Å². The molecular formula is C47H57N3O3. The molecule has 6 rings (SSSR count). The van der Waals surface area contributed by atoms with Gasteiger partial charge in [-0.15, -0.1) is 0 Å². The molecular weight excluding hydrogens is 655 g/mol. The van der Waals surface area contributed by atoms with Crippen molar-refractivity contribution in [2.45, 2.75) is 123 Å². The second-order valence-electron chi connectivity index (χ2n) is 16.1. The average molecular weight is 712 g/mol. The first-order valence-corrected chi connectivity index (χ1v) is 19.9. The van der Waals surface area contributed by atoms with Crippen molar-refractivity contribution in [2.75, 3.05) is 0 Å². The molecule has 2 aromatic heterocycles. The van der Waals surface area contributed by atoms with Crippen LogP contribution in [0.15, 0.2) is 85.1 Å². The molecule has 0 saturated heterocycles. The third-order valence-corrected chi connectivity index (χ3v) is 10.8. The monoisotopic (exact) mass is 711 g/mol. The summed E-state index contributed by atoms with van der Waals surface area (Å²) in [7, 11) is 0. The lowest BCUT2D eigenvalue weighted by molar-refractivity contribution is -0.117. The zero-order valence-electron chi connectivity index (χ0n) is 32.2. The van der Waals surface area contributed by atoms with E-state index in [9.17, 15) is 15.0 Å². The van der Waals surface area contributed by atoms with E-state index in [1.54, 1.807) is 16.5 Å². The van der Waals surface area contributed by atoms with Crippen molar-refractivity contribution in [3.8, 4) is 22.9 Å². The quantitative estimate of drug-likeness (QED) is 0.0884. The fourth-order valence-corrected chi connectivity index (χ4v) is 7.41. The molecule has 0 aliphatic heterocycles. The van der Waals surface area contributed by atoms with Gasteiger partial charge in [0.05, 0.1) is 11.4 Å². The summed E-state index contributed by atoms with van der Waals surface area (Å²) in [5, 5.41) is 21.4. The number of rotatable bonds is 18. The molecule has 53 heavy (non-hydrogen) atoms. The van der Waals surface area contributed by atoms with Gasteiger partial charge in [-0.25, -0.2) is 9.97 Å². The van der Waals surface area contributed by atoms with E-state index in [-0.39, 0.29) is 28.7 Å². The van der Waals surface area contributed by atoms with E-state index in [4.69, 9.17) is 9.97 Å². The Morgan fingerprint density at radius 3 is 1.79 bits per heavy atom. The van der Waals surface area contributed by atoms with Crippen molar-refractivity contribution in [3.05, 3.63) is 119 Å². The van der Waals surface area contributed by atoms with Gasteiger partial charge in [0.2, 0.25) is 5.88 Å². The van der Waals surface area contributed by atoms with Gasteiger partial charge in [-0.05, 0) is 46.2 Å². The summed E-state index contributed by atoms with van der Waals surface area (Å²) in [5.41, 5.74) is 8.66. The molecule has 3 aromatic carbocycles. The first-order chi connectivity index (χ1) is 25.6. The number of aromatic hydroxyl groups is 2. The van der Waals surface area contributed by atoms with Crippen LogP contribution in [0.3, 0.4) is 0 Å². The zero-order chi connectivity index (χ0) is 37.4. The Balaban J connectivity index is 1.10. The summed E-state index contributed by atoms with van der Waals surface area (Å²) in [6.45, 7) is 8.85. The number of aromatic nitrogens is 3. The van der Waals surface area contributed by atoms with Crippen LogP contribution in [0.5, 0.6) is 11.6 Å². The van der Waals surface area contributed by atoms with E-state index >= 15 is 0 Å². The Morgan fingerprint density at radius 1 is 0.660 bits per heavy atom. The molecule has 0 spiro atoms. The van der Waals surface area contributed by atoms with Crippen molar-refractivity contribution < 1.29 is 15.0 Å². The minimum absolute atomic E-state index is 0.0361. The number of hydrogen-bond donors (Lipinski definition) is 2. The summed E-state index contributed by atoms with van der Waals surface area (Å²) in [6, 6.07) is 23.6. The van der Waals surface area contributed by atoms with Crippen LogP contribution in [-0.4, -0.2) is 30.4 Å². The van der Waals surface area contributed by atoms with Gasteiger partial charge in [0.15, 0.2) is 11.4 Å². The third kappa shape index (κ3) is 9.64. The van der Waals surface area contributed by atoms with Gasteiger partial charge in [0.1, 0.15) is 11.4 Å². The fraction of sp³-hybridized carbons (Fsp3) is 0.426. The highest BCUT2D eigenvalue weighted by Crippen LogP contribution is 2.35. The van der Waals surface area contributed by atoms with E-state index < -0.39 is 0 Å². The molecule has 6 nitrogen and oxygen atoms in total. The standard InChI is InChI=1S/C47H57N3O3/c1-5-6-7-8-9-10-11-12-13-14-15-16-37-31-40(44(37)52)35-21-17-33(18-22-35)30-42-46(53)50-32-43(36-23-25-38(26-24-36)47(2,3)4)48-41(45(50)49-42)29-34-19-27-39(51)28-20-34/h17-28,31-32,37,51,53H,5-16,29-30H2,1-4H3. The molecule has 0 saturated carbocycles. The number of unbranched alkanes of at least 4 members (excludes halogenated alkanes) is 10. The van der Waals surface area contributed by atoms with Crippen LogP contribution >= 0.6 is 0 Å². The third-order valence-electron chi connectivity index (χ3n) is 10.8. The van der Waals surface area contributed by atoms with Crippen molar-refractivity contribution in [3.63, 3.8) is 0 Å². The van der Waals surface area contributed by atoms with E-state index in [1.165, 1.54) is 69.8 Å². The van der Waals surface area contributed by atoms with Gasteiger partial charge in [-0.1, -0.05) is 165 Å². The lowest BCUT2D eigenvalue weighted by Crippen LogP contribution is -2.23. The lowest BCUT2D eigenvalue weighted by atomic mass is 9.78. The number of hydrogen-bond acceptors (Lipinski definition) is 5. The Labute approximate surface area is 316 Å². The average Bonchev–Trinajstić information content (AvgIpc) is 3.46. The molecule has 278 valence electrons. The first-order valence-electron chi connectivity index (χ1n) is 19.9. The van der Waals surface area contributed by atoms with E-state index in [2.05, 4.69) is 58.0 Å². The molecule has 1 aliphatic rings. The summed E-state index contributed by atoms with van der Waals surface area (Å²) >= 11 is 0. The number of ketones is 1. The summed E-state index contributed by atoms with van der Waals surface area (Å²) in [5.74, 6) is 0.626. The zero-order valence-corrected chi connectivity index (χ0v) is 32.2. The Hall–Kier alpha value is -4.71. The molecule has 1 unspecified atom stereocenters. The van der Waals surface area contributed by atoms with Crippen LogP contribution in [0, 0.1) is 5.92 Å². The lowest BCUT2D eigenvalue weighted by Gasteiger charge is -2.24. The van der Waals surface area contributed by atoms with Crippen LogP contribution in [-0.2, 0) is 23.1 Å². The Morgan fingerprint density at radius 2 is 1.21 bits per heavy atom. The van der Waals surface area contributed by atoms with E-state index in [0.29, 0.717) is 24.2 Å². The van der Waals surface area contributed by atoms with E-state index in [1.807, 2.05) is 42.6 Å². The summed E-state index contributed by atoms with van der Waals surface area (Å²) in [4.78, 5) is 23.0. The van der Waals surface area contributed by atoms with Gasteiger partial charge in [0, 0.05) is 36.1 Å². The van der Waals surface area contributed by atoms with E-state index in [0.717, 1.165) is 52.1 Å². The number of fused-ring (bicyclic) bond motifs is 1. The van der Waals surface area contributed by atoms with Crippen LogP contribution in [0.4, 0.5) is 0 Å². The Kier molecular flexibility index (Phi) is 12.5. The summed E-state index contributed by atoms with van der Waals surface area (Å²) in [6.07, 6.45) is 20.4. The molecule has 1 aliphatic carbocycles. The highest BCUT2D eigenvalue weighted by atomic mass is 16.3. The molecule has 1 atom stereocenters. The van der Waals surface area contributed by atoms with Gasteiger partial charge in [-0.2, -0.15) is 0 Å². The molecule has 0 amide bonds. The number of nitrogens with zero attached hydrogens (tertiary/aromatic N) is 3. The van der Waals surface area contributed by atoms with Gasteiger partial charge < -0.3 is 10.2 Å². The number of allylic oxidation sites excluding steroid dienone is 2. The van der Waals surface area contributed by atoms with Crippen LogP contribution in [0.25, 0.3) is 22.5 Å². The summed E-state index contributed by atoms with van der Waals surface area (Å²) < 4.78 is 1.74. The topological polar surface area (TPSA) is 87.7 Å². The number of carbonyl (C=O) groups excluding carboxylic acids is 1. The molecule has 6 heteroatoms. The second kappa shape index (κ2) is 17.4. The molecule has 0 radical (unpaired) electrons. The number of imidazole rings is 1. The highest BCUT2D eigenvalue weighted by molar-refractivity contribution is 6.28. The predicted molar refractivity (Wildman–Crippen MR) is 217 cm³/mol. The van der Waals surface area contributed by atoms with Gasteiger partial charge in [0.25, 0.3) is 0 Å². The van der Waals surface area contributed by atoms with Crippen molar-refractivity contribution in [1.82, 2.24) is 14.4 Å². The predicted octanol–water partition coefficient (Wildman–Crippen LogP) is 11.6. The number of carbonyl (C=O) groups is 1. The normalized spacial score (nSPS) is 14.5. The SMILES string of the molecule is CCCCCCCCCCCCCC1C=C(c2ccc(Cc3nc4c(Cc5ccc(O)cc5)nc(-c5ccc(C(C)(C)C)cc5)cn4c3O)cc2)C1=O. The van der Waals surface area contributed by atoms with Gasteiger partial charge in [-0.3, -0.25) is 9.20 Å². The maximum atomic E-state index is 13.0. The molecule has 0 bridgehead atoms. The molecule has 2 N–H and O–H groups in total. The molecule has 0 fully saturated rings. The fourth-order valence-electron chi connectivity index (χ4n) is 7.41. The van der Waals surface area contributed by atoms with Crippen molar-refractivity contribution in [1.29, 1.82) is 0 Å².